The fourth-order valence-corrected chi connectivity index (χ4v) is 1.22. The van der Waals surface area contributed by atoms with Gasteiger partial charge in [-0.1, -0.05) is 6.92 Å². The molecule has 2 unspecified atom stereocenters. The zero-order valence-corrected chi connectivity index (χ0v) is 8.08. The average molecular weight is 186 g/mol. The molecular formula is C9H18N2O2. The summed E-state index contributed by atoms with van der Waals surface area (Å²) in [6.45, 7) is 4.85. The predicted molar refractivity (Wildman–Crippen MR) is 50.8 cm³/mol. The van der Waals surface area contributed by atoms with Crippen LogP contribution in [0.3, 0.4) is 0 Å². The third-order valence-corrected chi connectivity index (χ3v) is 2.28. The Labute approximate surface area is 78.9 Å². The first-order chi connectivity index (χ1) is 6.20. The van der Waals surface area contributed by atoms with Gasteiger partial charge in [0.25, 0.3) is 0 Å². The molecule has 0 aromatic carbocycles. The summed E-state index contributed by atoms with van der Waals surface area (Å²) in [6, 6.07) is 0. The van der Waals surface area contributed by atoms with Crippen LogP contribution >= 0.6 is 0 Å². The van der Waals surface area contributed by atoms with Crippen molar-refractivity contribution in [3.63, 3.8) is 0 Å². The van der Waals surface area contributed by atoms with Gasteiger partial charge in [-0.25, -0.2) is 0 Å². The highest BCUT2D eigenvalue weighted by Gasteiger charge is 2.16. The van der Waals surface area contributed by atoms with E-state index in [9.17, 15) is 0 Å². The minimum absolute atomic E-state index is 0.0299. The van der Waals surface area contributed by atoms with Crippen molar-refractivity contribution < 1.29 is 9.47 Å². The third kappa shape index (κ3) is 3.74. The van der Waals surface area contributed by atoms with Gasteiger partial charge in [0.05, 0.1) is 25.7 Å². The molecule has 13 heavy (non-hydrogen) atoms. The van der Waals surface area contributed by atoms with Crippen molar-refractivity contribution in [2.45, 2.75) is 13.3 Å². The second kappa shape index (κ2) is 5.19. The van der Waals surface area contributed by atoms with Crippen LogP contribution in [0.25, 0.3) is 0 Å². The molecule has 0 spiro atoms. The normalized spacial score (nSPS) is 24.5. The van der Waals surface area contributed by atoms with Crippen LogP contribution in [-0.4, -0.2) is 32.3 Å². The molecule has 1 fully saturated rings. The van der Waals surface area contributed by atoms with Crippen molar-refractivity contribution in [3.8, 4) is 0 Å². The molecule has 1 saturated heterocycles. The summed E-state index contributed by atoms with van der Waals surface area (Å²) < 4.78 is 10.7. The Bertz CT molecular complexity index is 167. The number of hydrogen-bond donors (Lipinski definition) is 2. The molecule has 1 rings (SSSR count). The zero-order chi connectivity index (χ0) is 9.68. The van der Waals surface area contributed by atoms with Crippen LogP contribution in [0.2, 0.25) is 0 Å². The van der Waals surface area contributed by atoms with E-state index < -0.39 is 0 Å². The Kier molecular flexibility index (Phi) is 4.18. The van der Waals surface area contributed by atoms with E-state index in [2.05, 4.69) is 0 Å². The first-order valence-corrected chi connectivity index (χ1v) is 4.69. The Morgan fingerprint density at radius 2 is 2.54 bits per heavy atom. The van der Waals surface area contributed by atoms with Crippen LogP contribution in [0.15, 0.2) is 0 Å². The van der Waals surface area contributed by atoms with E-state index in [-0.39, 0.29) is 11.8 Å². The minimum Gasteiger partial charge on any atom is -0.387 e. The standard InChI is InChI=1S/C9H18N2O2/c1-7(9(10)11)4-13-6-8-2-3-12-5-8/h7-8H,2-6H2,1H3,(H3,10,11). The number of amidine groups is 1. The number of ether oxygens (including phenoxy) is 2. The van der Waals surface area contributed by atoms with Crippen molar-refractivity contribution in [2.75, 3.05) is 26.4 Å². The van der Waals surface area contributed by atoms with Gasteiger partial charge in [0.2, 0.25) is 0 Å². The maximum absolute atomic E-state index is 7.16. The first kappa shape index (κ1) is 10.5. The summed E-state index contributed by atoms with van der Waals surface area (Å²) in [6.07, 6.45) is 1.09. The van der Waals surface area contributed by atoms with Gasteiger partial charge in [0.15, 0.2) is 0 Å². The fourth-order valence-electron chi connectivity index (χ4n) is 1.22. The lowest BCUT2D eigenvalue weighted by Gasteiger charge is -2.12. The van der Waals surface area contributed by atoms with E-state index in [4.69, 9.17) is 20.6 Å². The summed E-state index contributed by atoms with van der Waals surface area (Å²) in [5.74, 6) is 0.768. The van der Waals surface area contributed by atoms with Gasteiger partial charge in [-0.05, 0) is 6.42 Å². The van der Waals surface area contributed by atoms with Crippen LogP contribution in [0.5, 0.6) is 0 Å². The van der Waals surface area contributed by atoms with Gasteiger partial charge in [0.1, 0.15) is 0 Å². The smallest absolute Gasteiger partial charge is 0.0957 e. The highest BCUT2D eigenvalue weighted by molar-refractivity contribution is 5.79. The summed E-state index contributed by atoms with van der Waals surface area (Å²) in [5, 5.41) is 7.16. The van der Waals surface area contributed by atoms with Crippen LogP contribution in [0.1, 0.15) is 13.3 Å². The molecule has 1 aliphatic rings. The third-order valence-electron chi connectivity index (χ3n) is 2.28. The maximum Gasteiger partial charge on any atom is 0.0957 e. The molecule has 3 N–H and O–H groups in total. The van der Waals surface area contributed by atoms with E-state index in [0.717, 1.165) is 26.2 Å². The Morgan fingerprint density at radius 1 is 1.77 bits per heavy atom. The summed E-state index contributed by atoms with van der Waals surface area (Å²) in [5.41, 5.74) is 5.31. The largest absolute Gasteiger partial charge is 0.387 e. The lowest BCUT2D eigenvalue weighted by atomic mass is 10.1. The quantitative estimate of drug-likeness (QED) is 0.488. The van der Waals surface area contributed by atoms with Crippen LogP contribution in [0.4, 0.5) is 0 Å². The molecule has 0 saturated carbocycles. The van der Waals surface area contributed by atoms with Crippen molar-refractivity contribution in [1.82, 2.24) is 0 Å². The van der Waals surface area contributed by atoms with Crippen molar-refractivity contribution in [3.05, 3.63) is 0 Å². The van der Waals surface area contributed by atoms with Crippen LogP contribution < -0.4 is 5.73 Å². The summed E-state index contributed by atoms with van der Waals surface area (Å²) >= 11 is 0. The summed E-state index contributed by atoms with van der Waals surface area (Å²) in [7, 11) is 0. The molecule has 4 nitrogen and oxygen atoms in total. The molecule has 0 amide bonds. The van der Waals surface area contributed by atoms with Crippen molar-refractivity contribution in [1.29, 1.82) is 5.41 Å². The van der Waals surface area contributed by atoms with Gasteiger partial charge in [-0.2, -0.15) is 0 Å². The number of nitrogens with two attached hydrogens (primary N) is 1. The molecule has 0 aromatic rings. The molecule has 0 bridgehead atoms. The molecule has 1 heterocycles. The summed E-state index contributed by atoms with van der Waals surface area (Å²) in [4.78, 5) is 0. The lowest BCUT2D eigenvalue weighted by Crippen LogP contribution is -2.25. The fraction of sp³-hybridized carbons (Fsp3) is 0.889. The molecule has 1 aliphatic heterocycles. The Morgan fingerprint density at radius 3 is 3.08 bits per heavy atom. The second-order valence-electron chi connectivity index (χ2n) is 3.62. The van der Waals surface area contributed by atoms with E-state index in [1.165, 1.54) is 0 Å². The highest BCUT2D eigenvalue weighted by atomic mass is 16.5. The van der Waals surface area contributed by atoms with Gasteiger partial charge >= 0.3 is 0 Å². The molecular weight excluding hydrogens is 168 g/mol. The van der Waals surface area contributed by atoms with Crippen molar-refractivity contribution >= 4 is 5.84 Å². The molecule has 2 atom stereocenters. The monoisotopic (exact) mass is 186 g/mol. The highest BCUT2D eigenvalue weighted by Crippen LogP contribution is 2.12. The van der Waals surface area contributed by atoms with Gasteiger partial charge in [-0.3, -0.25) is 5.41 Å². The zero-order valence-electron chi connectivity index (χ0n) is 8.08. The molecule has 4 heteroatoms. The van der Waals surface area contributed by atoms with E-state index in [0.29, 0.717) is 12.5 Å². The first-order valence-electron chi connectivity index (χ1n) is 4.69. The van der Waals surface area contributed by atoms with Gasteiger partial charge < -0.3 is 15.2 Å². The van der Waals surface area contributed by atoms with E-state index in [1.807, 2.05) is 6.92 Å². The Balaban J connectivity index is 2.02. The van der Waals surface area contributed by atoms with E-state index >= 15 is 0 Å². The number of rotatable bonds is 5. The number of nitrogens with one attached hydrogen (secondary N) is 1. The van der Waals surface area contributed by atoms with Gasteiger partial charge in [0, 0.05) is 18.4 Å². The van der Waals surface area contributed by atoms with E-state index in [1.54, 1.807) is 0 Å². The average Bonchev–Trinajstić information content (AvgIpc) is 2.56. The van der Waals surface area contributed by atoms with Crippen LogP contribution in [0, 0.1) is 17.2 Å². The maximum atomic E-state index is 7.16. The number of hydrogen-bond acceptors (Lipinski definition) is 3. The lowest BCUT2D eigenvalue weighted by molar-refractivity contribution is 0.0805. The predicted octanol–water partition coefficient (Wildman–Crippen LogP) is 0.612. The topological polar surface area (TPSA) is 68.3 Å². The Hall–Kier alpha value is -0.610. The van der Waals surface area contributed by atoms with Crippen molar-refractivity contribution in [2.24, 2.45) is 17.6 Å². The molecule has 0 aromatic heterocycles. The SMILES string of the molecule is CC(COCC1CCOC1)C(=N)N. The van der Waals surface area contributed by atoms with Crippen LogP contribution in [-0.2, 0) is 9.47 Å². The second-order valence-corrected chi connectivity index (χ2v) is 3.62. The van der Waals surface area contributed by atoms with Gasteiger partial charge in [-0.15, -0.1) is 0 Å². The molecule has 0 radical (unpaired) electrons. The molecule has 0 aliphatic carbocycles. The molecule has 76 valence electrons. The minimum atomic E-state index is 0.0299.